The number of unbranched alkanes of at least 4 members (excludes halogenated alkanes) is 1. The molecule has 0 unspecified atom stereocenters. The summed E-state index contributed by atoms with van der Waals surface area (Å²) in [5.74, 6) is -0.603. The van der Waals surface area contributed by atoms with E-state index in [9.17, 15) is 9.90 Å². The van der Waals surface area contributed by atoms with Crippen LogP contribution in [-0.4, -0.2) is 24.2 Å². The molecule has 1 aromatic carbocycles. The van der Waals surface area contributed by atoms with Crippen molar-refractivity contribution in [1.29, 1.82) is 0 Å². The monoisotopic (exact) mass is 261 g/mol. The Morgan fingerprint density at radius 3 is 2.47 bits per heavy atom. The molecule has 1 aliphatic heterocycles. The molecule has 0 radical (unpaired) electrons. The summed E-state index contributed by atoms with van der Waals surface area (Å²) in [4.78, 5) is 11.5. The zero-order chi connectivity index (χ0) is 13.6. The third-order valence-electron chi connectivity index (χ3n) is 4.23. The van der Waals surface area contributed by atoms with Crippen LogP contribution in [0.25, 0.3) is 0 Å². The molecule has 3 heteroatoms. The molecule has 0 amide bonds. The predicted octanol–water partition coefficient (Wildman–Crippen LogP) is 2.85. The van der Waals surface area contributed by atoms with E-state index in [4.69, 9.17) is 0 Å². The summed E-state index contributed by atoms with van der Waals surface area (Å²) >= 11 is 0. The highest BCUT2D eigenvalue weighted by Crippen LogP contribution is 2.34. The minimum Gasteiger partial charge on any atom is -0.481 e. The number of rotatable bonds is 6. The molecule has 1 saturated heterocycles. The van der Waals surface area contributed by atoms with Gasteiger partial charge in [0.15, 0.2) is 0 Å². The smallest absolute Gasteiger partial charge is 0.309 e. The van der Waals surface area contributed by atoms with Crippen LogP contribution in [0, 0.1) is 5.41 Å². The molecule has 1 aromatic rings. The van der Waals surface area contributed by atoms with E-state index in [0.717, 1.165) is 51.6 Å². The maximum Gasteiger partial charge on any atom is 0.309 e. The highest BCUT2D eigenvalue weighted by Gasteiger charge is 2.38. The molecule has 1 heterocycles. The fourth-order valence-corrected chi connectivity index (χ4v) is 2.91. The molecule has 0 atom stereocenters. The molecule has 3 nitrogen and oxygen atoms in total. The number of carboxylic acids is 1. The Morgan fingerprint density at radius 1 is 1.16 bits per heavy atom. The molecular weight excluding hydrogens is 238 g/mol. The van der Waals surface area contributed by atoms with E-state index in [-0.39, 0.29) is 0 Å². The molecular formula is C16H23NO2. The van der Waals surface area contributed by atoms with Gasteiger partial charge < -0.3 is 10.4 Å². The fraction of sp³-hybridized carbons (Fsp3) is 0.562. The van der Waals surface area contributed by atoms with E-state index >= 15 is 0 Å². The van der Waals surface area contributed by atoms with E-state index in [0.29, 0.717) is 0 Å². The van der Waals surface area contributed by atoms with E-state index in [1.807, 2.05) is 6.07 Å². The number of carboxylic acid groups (broad SMARTS) is 1. The largest absolute Gasteiger partial charge is 0.481 e. The quantitative estimate of drug-likeness (QED) is 0.774. The summed E-state index contributed by atoms with van der Waals surface area (Å²) in [6, 6.07) is 10.4. The van der Waals surface area contributed by atoms with Gasteiger partial charge >= 0.3 is 5.97 Å². The van der Waals surface area contributed by atoms with Gasteiger partial charge in [-0.15, -0.1) is 0 Å². The average Bonchev–Trinajstić information content (AvgIpc) is 2.46. The van der Waals surface area contributed by atoms with Gasteiger partial charge in [0, 0.05) is 0 Å². The van der Waals surface area contributed by atoms with Crippen molar-refractivity contribution in [3.63, 3.8) is 0 Å². The maximum absolute atomic E-state index is 11.5. The van der Waals surface area contributed by atoms with Crippen molar-refractivity contribution in [3.05, 3.63) is 35.9 Å². The second-order valence-electron chi connectivity index (χ2n) is 5.53. The van der Waals surface area contributed by atoms with Crippen molar-refractivity contribution in [3.8, 4) is 0 Å². The Morgan fingerprint density at radius 2 is 1.84 bits per heavy atom. The van der Waals surface area contributed by atoms with Crippen LogP contribution in [0.5, 0.6) is 0 Å². The lowest BCUT2D eigenvalue weighted by Crippen LogP contribution is -2.42. The third-order valence-corrected chi connectivity index (χ3v) is 4.23. The van der Waals surface area contributed by atoms with Crippen LogP contribution in [0.3, 0.4) is 0 Å². The first-order valence-corrected chi connectivity index (χ1v) is 7.21. The number of carbonyl (C=O) groups is 1. The molecule has 0 spiro atoms. The van der Waals surface area contributed by atoms with Crippen LogP contribution in [0.2, 0.25) is 0 Å². The van der Waals surface area contributed by atoms with Crippen molar-refractivity contribution >= 4 is 5.97 Å². The lowest BCUT2D eigenvalue weighted by atomic mass is 9.75. The highest BCUT2D eigenvalue weighted by molar-refractivity contribution is 5.74. The van der Waals surface area contributed by atoms with Crippen LogP contribution in [-0.2, 0) is 11.2 Å². The van der Waals surface area contributed by atoms with Crippen LogP contribution in [0.1, 0.15) is 37.7 Å². The zero-order valence-corrected chi connectivity index (χ0v) is 11.4. The van der Waals surface area contributed by atoms with Crippen molar-refractivity contribution in [2.24, 2.45) is 5.41 Å². The van der Waals surface area contributed by atoms with Gasteiger partial charge in [-0.05, 0) is 50.8 Å². The molecule has 2 rings (SSSR count). The average molecular weight is 261 g/mol. The van der Waals surface area contributed by atoms with Gasteiger partial charge in [0.2, 0.25) is 0 Å². The standard InChI is InChI=1S/C16H23NO2/c18-15(19)16(10-12-17-13-11-16)9-5-4-8-14-6-2-1-3-7-14/h1-3,6-7,17H,4-5,8-13H2,(H,18,19). The summed E-state index contributed by atoms with van der Waals surface area (Å²) in [6.07, 6.45) is 5.49. The first kappa shape index (κ1) is 14.1. The normalized spacial score (nSPS) is 18.1. The van der Waals surface area contributed by atoms with Crippen molar-refractivity contribution in [2.75, 3.05) is 13.1 Å². The molecule has 0 saturated carbocycles. The molecule has 0 aliphatic carbocycles. The number of benzene rings is 1. The minimum absolute atomic E-state index is 0.470. The number of aliphatic carboxylic acids is 1. The van der Waals surface area contributed by atoms with Crippen LogP contribution in [0.4, 0.5) is 0 Å². The Labute approximate surface area is 115 Å². The Bertz CT molecular complexity index is 396. The molecule has 1 aliphatic rings. The second-order valence-corrected chi connectivity index (χ2v) is 5.53. The summed E-state index contributed by atoms with van der Waals surface area (Å²) in [6.45, 7) is 1.68. The number of nitrogens with one attached hydrogen (secondary N) is 1. The number of aryl methyl sites for hydroxylation is 1. The van der Waals surface area contributed by atoms with Crippen molar-refractivity contribution in [1.82, 2.24) is 5.32 Å². The molecule has 19 heavy (non-hydrogen) atoms. The fourth-order valence-electron chi connectivity index (χ4n) is 2.91. The van der Waals surface area contributed by atoms with Gasteiger partial charge in [-0.3, -0.25) is 4.79 Å². The van der Waals surface area contributed by atoms with Crippen LogP contribution < -0.4 is 5.32 Å². The number of piperidine rings is 1. The lowest BCUT2D eigenvalue weighted by molar-refractivity contribution is -0.151. The Hall–Kier alpha value is -1.35. The topological polar surface area (TPSA) is 49.3 Å². The van der Waals surface area contributed by atoms with Gasteiger partial charge in [-0.25, -0.2) is 0 Å². The first-order valence-electron chi connectivity index (χ1n) is 7.21. The second kappa shape index (κ2) is 6.71. The van der Waals surface area contributed by atoms with Gasteiger partial charge in [-0.1, -0.05) is 36.8 Å². The zero-order valence-electron chi connectivity index (χ0n) is 11.4. The van der Waals surface area contributed by atoms with E-state index in [1.54, 1.807) is 0 Å². The maximum atomic E-state index is 11.5. The first-order chi connectivity index (χ1) is 9.23. The predicted molar refractivity (Wildman–Crippen MR) is 76.2 cm³/mol. The van der Waals surface area contributed by atoms with Gasteiger partial charge in [0.1, 0.15) is 0 Å². The van der Waals surface area contributed by atoms with E-state index < -0.39 is 11.4 Å². The molecule has 1 fully saturated rings. The number of hydrogen-bond acceptors (Lipinski definition) is 2. The van der Waals surface area contributed by atoms with Gasteiger partial charge in [0.05, 0.1) is 5.41 Å². The van der Waals surface area contributed by atoms with Gasteiger partial charge in [-0.2, -0.15) is 0 Å². The summed E-state index contributed by atoms with van der Waals surface area (Å²) < 4.78 is 0. The van der Waals surface area contributed by atoms with E-state index in [2.05, 4.69) is 29.6 Å². The van der Waals surface area contributed by atoms with Crippen LogP contribution in [0.15, 0.2) is 30.3 Å². The summed E-state index contributed by atoms with van der Waals surface area (Å²) in [5.41, 5.74) is 0.874. The highest BCUT2D eigenvalue weighted by atomic mass is 16.4. The van der Waals surface area contributed by atoms with Crippen LogP contribution >= 0.6 is 0 Å². The summed E-state index contributed by atoms with van der Waals surface area (Å²) in [5, 5.41) is 12.7. The molecule has 0 bridgehead atoms. The Balaban J connectivity index is 1.78. The van der Waals surface area contributed by atoms with Gasteiger partial charge in [0.25, 0.3) is 0 Å². The Kier molecular flexibility index (Phi) is 4.97. The SMILES string of the molecule is O=C(O)C1(CCCCc2ccccc2)CCNCC1. The molecule has 2 N–H and O–H groups in total. The van der Waals surface area contributed by atoms with E-state index in [1.165, 1.54) is 5.56 Å². The summed E-state index contributed by atoms with van der Waals surface area (Å²) in [7, 11) is 0. The third kappa shape index (κ3) is 3.80. The molecule has 0 aromatic heterocycles. The molecule has 104 valence electrons. The number of hydrogen-bond donors (Lipinski definition) is 2. The van der Waals surface area contributed by atoms with Crippen molar-refractivity contribution in [2.45, 2.75) is 38.5 Å². The lowest BCUT2D eigenvalue weighted by Gasteiger charge is -2.33. The van der Waals surface area contributed by atoms with Crippen molar-refractivity contribution < 1.29 is 9.90 Å². The minimum atomic E-state index is -0.603.